The van der Waals surface area contributed by atoms with E-state index < -0.39 is 11.9 Å². The predicted molar refractivity (Wildman–Crippen MR) is 127 cm³/mol. The Hall–Kier alpha value is -2.82. The zero-order valence-corrected chi connectivity index (χ0v) is 20.1. The molecule has 1 aromatic carbocycles. The van der Waals surface area contributed by atoms with E-state index >= 15 is 0 Å². The average Bonchev–Trinajstić information content (AvgIpc) is 3.28. The number of pyridine rings is 1. The van der Waals surface area contributed by atoms with Crippen molar-refractivity contribution < 1.29 is 13.2 Å². The Morgan fingerprint density at radius 3 is 2.47 bits per heavy atom. The molecule has 0 saturated carbocycles. The molecule has 0 unspecified atom stereocenters. The fourth-order valence-corrected chi connectivity index (χ4v) is 4.94. The average molecular weight is 523 g/mol. The third-order valence-electron chi connectivity index (χ3n) is 5.17. The number of rotatable bonds is 4. The van der Waals surface area contributed by atoms with Gasteiger partial charge in [-0.15, -0.1) is 11.8 Å². The Bertz CT molecular complexity index is 1540. The van der Waals surface area contributed by atoms with Crippen LogP contribution >= 0.6 is 35.0 Å². The maximum Gasteiger partial charge on any atom is 0.433 e. The highest BCUT2D eigenvalue weighted by molar-refractivity contribution is 7.99. The number of hydrogen-bond donors (Lipinski definition) is 0. The first kappa shape index (κ1) is 22.9. The van der Waals surface area contributed by atoms with Crippen LogP contribution in [0.5, 0.6) is 0 Å². The molecular formula is C22H15Cl2F3N6S. The minimum atomic E-state index is -4.56. The molecule has 0 aliphatic heterocycles. The lowest BCUT2D eigenvalue weighted by Crippen LogP contribution is -2.07. The van der Waals surface area contributed by atoms with E-state index in [1.807, 2.05) is 6.92 Å². The van der Waals surface area contributed by atoms with Gasteiger partial charge in [0.2, 0.25) is 0 Å². The minimum Gasteiger partial charge on any atom is -0.326 e. The summed E-state index contributed by atoms with van der Waals surface area (Å²) in [7, 11) is 1.73. The Morgan fingerprint density at radius 1 is 1.06 bits per heavy atom. The largest absolute Gasteiger partial charge is 0.433 e. The van der Waals surface area contributed by atoms with Gasteiger partial charge in [-0.25, -0.2) is 19.5 Å². The summed E-state index contributed by atoms with van der Waals surface area (Å²) in [5, 5.41) is 6.25. The van der Waals surface area contributed by atoms with Crippen molar-refractivity contribution in [2.24, 2.45) is 7.05 Å². The van der Waals surface area contributed by atoms with Crippen molar-refractivity contribution in [1.29, 1.82) is 0 Å². The van der Waals surface area contributed by atoms with Gasteiger partial charge < -0.3 is 4.57 Å². The molecule has 0 atom stereocenters. The van der Waals surface area contributed by atoms with Crippen LogP contribution in [0.2, 0.25) is 10.0 Å². The molecule has 0 aliphatic carbocycles. The molecule has 0 aliphatic rings. The smallest absolute Gasteiger partial charge is 0.326 e. The van der Waals surface area contributed by atoms with Crippen LogP contribution in [-0.2, 0) is 13.2 Å². The molecule has 4 aromatic heterocycles. The van der Waals surface area contributed by atoms with Gasteiger partial charge >= 0.3 is 6.18 Å². The van der Waals surface area contributed by atoms with E-state index in [4.69, 9.17) is 28.2 Å². The van der Waals surface area contributed by atoms with E-state index in [1.165, 1.54) is 18.0 Å². The zero-order chi connectivity index (χ0) is 24.2. The van der Waals surface area contributed by atoms with Crippen LogP contribution in [0.4, 0.5) is 13.2 Å². The van der Waals surface area contributed by atoms with E-state index in [0.717, 1.165) is 17.4 Å². The van der Waals surface area contributed by atoms with Crippen molar-refractivity contribution >= 4 is 51.6 Å². The van der Waals surface area contributed by atoms with Crippen molar-refractivity contribution in [2.45, 2.75) is 18.1 Å². The first-order valence-corrected chi connectivity index (χ1v) is 11.8. The molecule has 4 heterocycles. The second-order valence-corrected chi connectivity index (χ2v) is 9.53. The zero-order valence-electron chi connectivity index (χ0n) is 17.7. The number of aryl methyl sites for hydroxylation is 1. The first-order chi connectivity index (χ1) is 16.2. The van der Waals surface area contributed by atoms with Crippen LogP contribution in [-0.4, -0.2) is 34.9 Å². The van der Waals surface area contributed by atoms with Crippen molar-refractivity contribution in [3.8, 4) is 22.6 Å². The molecule has 5 rings (SSSR count). The van der Waals surface area contributed by atoms with Gasteiger partial charge in [-0.2, -0.15) is 18.3 Å². The van der Waals surface area contributed by atoms with Gasteiger partial charge in [-0.1, -0.05) is 30.1 Å². The maximum atomic E-state index is 13.2. The third kappa shape index (κ3) is 3.99. The van der Waals surface area contributed by atoms with Gasteiger partial charge in [-0.3, -0.25) is 0 Å². The Kier molecular flexibility index (Phi) is 5.70. The molecule has 0 N–H and O–H groups in total. The van der Waals surface area contributed by atoms with Crippen LogP contribution < -0.4 is 0 Å². The molecule has 12 heteroatoms. The molecule has 34 heavy (non-hydrogen) atoms. The predicted octanol–water partition coefficient (Wildman–Crippen LogP) is 6.78. The normalized spacial score (nSPS) is 12.2. The standard InChI is InChI=1S/C22H15Cl2F3N6S/c1-3-34-21-18(19-30-15-9-17(22(25,26)27)28-10-16(15)32(19)2)20-29-14(4-5-33(20)31-21)11-6-12(23)8-13(24)7-11/h4-10H,3H2,1-2H3. The number of fused-ring (bicyclic) bond motifs is 2. The molecule has 0 fully saturated rings. The second-order valence-electron chi connectivity index (χ2n) is 7.40. The summed E-state index contributed by atoms with van der Waals surface area (Å²) in [6, 6.07) is 7.88. The quantitative estimate of drug-likeness (QED) is 0.243. The third-order valence-corrected chi connectivity index (χ3v) is 6.46. The van der Waals surface area contributed by atoms with Crippen LogP contribution in [0.25, 0.3) is 39.3 Å². The van der Waals surface area contributed by atoms with Crippen molar-refractivity contribution in [1.82, 2.24) is 29.1 Å². The maximum absolute atomic E-state index is 13.2. The van der Waals surface area contributed by atoms with E-state index in [2.05, 4.69) is 15.1 Å². The summed E-state index contributed by atoms with van der Waals surface area (Å²) in [5.74, 6) is 1.17. The second kappa shape index (κ2) is 8.44. The highest BCUT2D eigenvalue weighted by Gasteiger charge is 2.33. The molecule has 0 bridgehead atoms. The number of aromatic nitrogens is 6. The minimum absolute atomic E-state index is 0.185. The van der Waals surface area contributed by atoms with Crippen molar-refractivity contribution in [3.05, 3.63) is 58.5 Å². The summed E-state index contributed by atoms with van der Waals surface area (Å²) < 4.78 is 42.9. The molecule has 6 nitrogen and oxygen atoms in total. The number of alkyl halides is 3. The lowest BCUT2D eigenvalue weighted by atomic mass is 10.1. The number of hydrogen-bond acceptors (Lipinski definition) is 5. The molecule has 0 radical (unpaired) electrons. The lowest BCUT2D eigenvalue weighted by Gasteiger charge is -2.06. The molecule has 0 spiro atoms. The molecular weight excluding hydrogens is 508 g/mol. The summed E-state index contributed by atoms with van der Waals surface area (Å²) in [6.07, 6.45) is -1.62. The number of nitrogens with zero attached hydrogens (tertiary/aromatic N) is 6. The van der Waals surface area contributed by atoms with E-state index in [9.17, 15) is 13.2 Å². The highest BCUT2D eigenvalue weighted by Crippen LogP contribution is 2.37. The SMILES string of the molecule is CCSc1nn2ccc(-c3cc(Cl)cc(Cl)c3)nc2c1-c1nc2cc(C(F)(F)F)ncc2n1C. The topological polar surface area (TPSA) is 60.9 Å². The van der Waals surface area contributed by atoms with Crippen LogP contribution in [0.1, 0.15) is 12.6 Å². The van der Waals surface area contributed by atoms with E-state index in [1.54, 1.807) is 46.6 Å². The fraction of sp³-hybridized carbons (Fsp3) is 0.182. The van der Waals surface area contributed by atoms with Crippen LogP contribution in [0.15, 0.2) is 47.8 Å². The summed E-state index contributed by atoms with van der Waals surface area (Å²) in [5.41, 5.74) is 2.12. The highest BCUT2D eigenvalue weighted by atomic mass is 35.5. The lowest BCUT2D eigenvalue weighted by molar-refractivity contribution is -0.141. The monoisotopic (exact) mass is 522 g/mol. The van der Waals surface area contributed by atoms with Crippen molar-refractivity contribution in [2.75, 3.05) is 5.75 Å². The number of thioether (sulfide) groups is 1. The molecule has 174 valence electrons. The van der Waals surface area contributed by atoms with Gasteiger partial charge in [0.15, 0.2) is 5.65 Å². The van der Waals surface area contributed by atoms with Gasteiger partial charge in [0.25, 0.3) is 0 Å². The van der Waals surface area contributed by atoms with E-state index in [-0.39, 0.29) is 5.52 Å². The van der Waals surface area contributed by atoms with Gasteiger partial charge in [0, 0.05) is 28.9 Å². The van der Waals surface area contributed by atoms with Gasteiger partial charge in [0.05, 0.1) is 28.5 Å². The summed E-state index contributed by atoms with van der Waals surface area (Å²) >= 11 is 13.8. The van der Waals surface area contributed by atoms with Crippen LogP contribution in [0.3, 0.4) is 0 Å². The Morgan fingerprint density at radius 2 is 1.79 bits per heavy atom. The fourth-order valence-electron chi connectivity index (χ4n) is 3.67. The Labute approximate surface area is 205 Å². The number of halogens is 5. The van der Waals surface area contributed by atoms with E-state index in [0.29, 0.717) is 43.3 Å². The van der Waals surface area contributed by atoms with Crippen LogP contribution in [0, 0.1) is 0 Å². The number of benzene rings is 1. The van der Waals surface area contributed by atoms with Gasteiger partial charge in [0.1, 0.15) is 16.5 Å². The summed E-state index contributed by atoms with van der Waals surface area (Å²) in [6.45, 7) is 1.99. The van der Waals surface area contributed by atoms with Gasteiger partial charge in [-0.05, 0) is 36.1 Å². The molecule has 5 aromatic rings. The Balaban J connectivity index is 1.75. The number of imidazole rings is 1. The molecule has 0 saturated heterocycles. The first-order valence-electron chi connectivity index (χ1n) is 10.0. The summed E-state index contributed by atoms with van der Waals surface area (Å²) in [4.78, 5) is 12.9. The van der Waals surface area contributed by atoms with Crippen molar-refractivity contribution in [3.63, 3.8) is 0 Å². The molecule has 0 amide bonds.